The Morgan fingerprint density at radius 3 is 1.29 bits per heavy atom. The van der Waals surface area contributed by atoms with Gasteiger partial charge in [-0.25, -0.2) is 0 Å². The van der Waals surface area contributed by atoms with Crippen LogP contribution in [0, 0.1) is 35.5 Å². The summed E-state index contributed by atoms with van der Waals surface area (Å²) in [5.41, 5.74) is 1.10. The molecule has 20 heteroatoms. The highest BCUT2D eigenvalue weighted by molar-refractivity contribution is 5.87. The molecular weight excluding hydrogens is 830 g/mol. The standard InChI is InChI=1S/2C21H24F3N3O4/c2*1-2-3-11-6-7-14-17-16(18(29)25-10-21(22,23)24)13(9-28)15(8-26(14)19(11)30)27(17)20(31)12-4-5-12/h2*2-3,6-7,12-13,15-17,28H,4-5,8-10H2,1H3,(H,25,29)/b3-2+;3-2-/t2*13-,15-,16+,17+/m00/s1. The predicted octanol–water partition coefficient (Wildman–Crippen LogP) is 2.92. The van der Waals surface area contributed by atoms with Gasteiger partial charge in [-0.1, -0.05) is 24.3 Å². The van der Waals surface area contributed by atoms with Crippen molar-refractivity contribution in [3.05, 3.63) is 79.6 Å². The lowest BCUT2D eigenvalue weighted by Gasteiger charge is -2.38. The van der Waals surface area contributed by atoms with Crippen molar-refractivity contribution in [2.45, 2.75) is 89.1 Å². The summed E-state index contributed by atoms with van der Waals surface area (Å²) in [6, 6.07) is 3.39. The van der Waals surface area contributed by atoms with Gasteiger partial charge in [-0.3, -0.25) is 28.8 Å². The summed E-state index contributed by atoms with van der Waals surface area (Å²) < 4.78 is 79.2. The van der Waals surface area contributed by atoms with Crippen LogP contribution in [0.1, 0.15) is 74.1 Å². The number of nitrogens with one attached hydrogen (secondary N) is 2. The average Bonchev–Trinajstić information content (AvgIpc) is 4.16. The third-order valence-electron chi connectivity index (χ3n) is 12.7. The minimum absolute atomic E-state index is 0.0861. The summed E-state index contributed by atoms with van der Waals surface area (Å²) in [7, 11) is 0. The second-order valence-electron chi connectivity index (χ2n) is 16.7. The summed E-state index contributed by atoms with van der Waals surface area (Å²) in [6.45, 7) is -0.249. The van der Waals surface area contributed by atoms with Crippen molar-refractivity contribution >= 4 is 35.8 Å². The number of nitrogens with zero attached hydrogens (tertiary/aromatic N) is 4. The molecule has 0 radical (unpaired) electrons. The van der Waals surface area contributed by atoms with Crippen molar-refractivity contribution in [2.24, 2.45) is 35.5 Å². The number of allylic oxidation sites excluding steroid dienone is 2. The van der Waals surface area contributed by atoms with E-state index in [1.165, 1.54) is 9.13 Å². The lowest BCUT2D eigenvalue weighted by molar-refractivity contribution is -0.143. The van der Waals surface area contributed by atoms with Crippen molar-refractivity contribution in [1.29, 1.82) is 0 Å². The van der Waals surface area contributed by atoms with Crippen molar-refractivity contribution in [3.63, 3.8) is 0 Å². The number of aliphatic hydroxyl groups excluding tert-OH is 2. The Kier molecular flexibility index (Phi) is 12.4. The Bertz CT molecular complexity index is 2120. The number of fused-ring (bicyclic) bond motifs is 8. The summed E-state index contributed by atoms with van der Waals surface area (Å²) in [5, 5.41) is 23.9. The Balaban J connectivity index is 0.000000186. The summed E-state index contributed by atoms with van der Waals surface area (Å²) >= 11 is 0. The van der Waals surface area contributed by atoms with E-state index in [2.05, 4.69) is 0 Å². The molecule has 62 heavy (non-hydrogen) atoms. The first-order valence-corrected chi connectivity index (χ1v) is 20.6. The van der Waals surface area contributed by atoms with E-state index >= 15 is 0 Å². The fourth-order valence-corrected chi connectivity index (χ4v) is 9.76. The first-order chi connectivity index (χ1) is 29.3. The number of hydrogen-bond donors (Lipinski definition) is 4. The molecule has 4 amide bonds. The highest BCUT2D eigenvalue weighted by Crippen LogP contribution is 2.52. The molecule has 2 aromatic rings. The molecular formula is C42H48F6N6O8. The topological polar surface area (TPSA) is 183 Å². The molecule has 2 aromatic heterocycles. The van der Waals surface area contributed by atoms with Gasteiger partial charge in [0.1, 0.15) is 13.1 Å². The first-order valence-electron chi connectivity index (χ1n) is 20.6. The molecule has 4 N–H and O–H groups in total. The minimum atomic E-state index is -4.59. The lowest BCUT2D eigenvalue weighted by Crippen LogP contribution is -2.50. The maximum atomic E-state index is 13.1. The zero-order valence-electron chi connectivity index (χ0n) is 33.9. The van der Waals surface area contributed by atoms with Gasteiger partial charge in [0.15, 0.2) is 0 Å². The molecule has 6 aliphatic rings. The number of aromatic nitrogens is 2. The number of rotatable bonds is 10. The maximum absolute atomic E-state index is 13.1. The quantitative estimate of drug-likeness (QED) is 0.263. The molecule has 2 saturated heterocycles. The zero-order valence-corrected chi connectivity index (χ0v) is 33.9. The van der Waals surface area contributed by atoms with Gasteiger partial charge in [0, 0.05) is 72.5 Å². The summed E-state index contributed by atoms with van der Waals surface area (Å²) in [6.07, 6.45) is 0.435. The van der Waals surface area contributed by atoms with Crippen LogP contribution in [-0.2, 0) is 32.3 Å². The van der Waals surface area contributed by atoms with Crippen LogP contribution in [0.3, 0.4) is 0 Å². The van der Waals surface area contributed by atoms with Crippen LogP contribution < -0.4 is 21.8 Å². The normalized spacial score (nSPS) is 27.5. The van der Waals surface area contributed by atoms with Gasteiger partial charge in [-0.15, -0.1) is 0 Å². The summed E-state index contributed by atoms with van der Waals surface area (Å²) in [5.74, 6) is -6.17. The Morgan fingerprint density at radius 2 is 1.00 bits per heavy atom. The molecule has 0 aromatic carbocycles. The van der Waals surface area contributed by atoms with E-state index in [0.717, 1.165) is 25.7 Å². The molecule has 2 saturated carbocycles. The zero-order chi connectivity index (χ0) is 45.0. The Hall–Kier alpha value is -5.24. The lowest BCUT2D eigenvalue weighted by atomic mass is 9.86. The van der Waals surface area contributed by atoms with Gasteiger partial charge >= 0.3 is 12.4 Å². The molecule has 2 aliphatic carbocycles. The largest absolute Gasteiger partial charge is 0.405 e. The van der Waals surface area contributed by atoms with Crippen LogP contribution in [0.4, 0.5) is 26.3 Å². The smallest absolute Gasteiger partial charge is 0.396 e. The van der Waals surface area contributed by atoms with Crippen LogP contribution >= 0.6 is 0 Å². The van der Waals surface area contributed by atoms with Gasteiger partial charge in [-0.05, 0) is 63.8 Å². The first kappa shape index (κ1) is 44.8. The number of carbonyl (C=O) groups is 4. The molecule has 4 fully saturated rings. The van der Waals surface area contributed by atoms with E-state index in [1.807, 2.05) is 10.6 Å². The third-order valence-corrected chi connectivity index (χ3v) is 12.7. The molecule has 14 nitrogen and oxygen atoms in total. The van der Waals surface area contributed by atoms with Gasteiger partial charge in [0.2, 0.25) is 23.6 Å². The monoisotopic (exact) mass is 878 g/mol. The molecule has 0 spiro atoms. The van der Waals surface area contributed by atoms with Crippen LogP contribution in [0.25, 0.3) is 12.2 Å². The van der Waals surface area contributed by atoms with Crippen LogP contribution in [-0.4, -0.2) is 104 Å². The minimum Gasteiger partial charge on any atom is -0.396 e. The fourth-order valence-electron chi connectivity index (χ4n) is 9.76. The third kappa shape index (κ3) is 8.46. The van der Waals surface area contributed by atoms with E-state index in [9.17, 15) is 65.3 Å². The molecule has 8 rings (SSSR count). The van der Waals surface area contributed by atoms with Crippen molar-refractivity contribution in [2.75, 3.05) is 26.3 Å². The van der Waals surface area contributed by atoms with Crippen LogP contribution in [0.5, 0.6) is 0 Å². The van der Waals surface area contributed by atoms with Gasteiger partial charge in [0.05, 0.1) is 36.0 Å². The van der Waals surface area contributed by atoms with Crippen molar-refractivity contribution in [3.8, 4) is 0 Å². The van der Waals surface area contributed by atoms with Crippen LogP contribution in [0.15, 0.2) is 46.0 Å². The van der Waals surface area contributed by atoms with E-state index in [-0.39, 0.29) is 47.9 Å². The number of pyridine rings is 2. The maximum Gasteiger partial charge on any atom is 0.405 e. The second kappa shape index (κ2) is 17.1. The van der Waals surface area contributed by atoms with Gasteiger partial charge in [-0.2, -0.15) is 26.3 Å². The van der Waals surface area contributed by atoms with E-state index in [1.54, 1.807) is 72.2 Å². The molecule has 4 bridgehead atoms. The van der Waals surface area contributed by atoms with Crippen molar-refractivity contribution in [1.82, 2.24) is 29.6 Å². The van der Waals surface area contributed by atoms with Gasteiger partial charge in [0.25, 0.3) is 11.1 Å². The fraction of sp³-hybridized carbons (Fsp3) is 0.571. The molecule has 4 aliphatic heterocycles. The number of hydrogen-bond acceptors (Lipinski definition) is 8. The van der Waals surface area contributed by atoms with E-state index in [0.29, 0.717) is 22.5 Å². The number of halogens is 6. The highest BCUT2D eigenvalue weighted by atomic mass is 19.4. The number of carbonyl (C=O) groups excluding carboxylic acids is 4. The molecule has 8 atom stereocenters. The van der Waals surface area contributed by atoms with Crippen LogP contribution in [0.2, 0.25) is 0 Å². The number of alkyl halides is 6. The predicted molar refractivity (Wildman–Crippen MR) is 209 cm³/mol. The SMILES string of the molecule is C/C=C/c1ccc2n(c1=O)C[C@H]1[C@H](CO)[C@@H](C(=O)NCC(F)(F)F)[C@@H]2N1C(=O)C1CC1.C/C=C\c1ccc2n(c1=O)C[C@H]1[C@H](CO)[C@@H](C(=O)NCC(F)(F)F)[C@@H]2N1C(=O)C1CC1. The Labute approximate surface area is 351 Å². The highest BCUT2D eigenvalue weighted by Gasteiger charge is 2.60. The number of aliphatic hydroxyl groups is 2. The molecule has 336 valence electrons. The molecule has 6 heterocycles. The van der Waals surface area contributed by atoms with Gasteiger partial charge < -0.3 is 39.8 Å². The Morgan fingerprint density at radius 1 is 0.645 bits per heavy atom. The molecule has 0 unspecified atom stereocenters. The summed E-state index contributed by atoms with van der Waals surface area (Å²) in [4.78, 5) is 80.9. The number of amides is 4. The van der Waals surface area contributed by atoms with Crippen molar-refractivity contribution < 1.29 is 55.7 Å². The van der Waals surface area contributed by atoms with E-state index < -0.39 is 98.3 Å². The average molecular weight is 879 g/mol. The second-order valence-corrected chi connectivity index (χ2v) is 16.7. The van der Waals surface area contributed by atoms with E-state index in [4.69, 9.17) is 0 Å².